The van der Waals surface area contributed by atoms with E-state index in [-0.39, 0.29) is 0 Å². The highest BCUT2D eigenvalue weighted by molar-refractivity contribution is 5.30. The topological polar surface area (TPSA) is 26.0 Å². The Morgan fingerprint density at radius 1 is 1.00 bits per heavy atom. The van der Waals surface area contributed by atoms with E-state index < -0.39 is 0 Å². The second kappa shape index (κ2) is 14.4. The smallest absolute Gasteiger partial charge is 0.00792 e. The number of nitrogens with two attached hydrogens (primary N) is 1. The summed E-state index contributed by atoms with van der Waals surface area (Å²) in [4.78, 5) is 0. The zero-order valence-corrected chi connectivity index (χ0v) is 22.7. The van der Waals surface area contributed by atoms with Crippen LogP contribution in [0, 0.1) is 34.5 Å². The molecule has 3 fully saturated rings. The van der Waals surface area contributed by atoms with Crippen molar-refractivity contribution in [2.75, 3.05) is 7.05 Å². The van der Waals surface area contributed by atoms with E-state index in [1.807, 2.05) is 33.3 Å². The summed E-state index contributed by atoms with van der Waals surface area (Å²) >= 11 is 0. The maximum Gasteiger partial charge on any atom is -0.00792 e. The second-order valence-corrected chi connectivity index (χ2v) is 9.79. The van der Waals surface area contributed by atoms with Gasteiger partial charge in [0.25, 0.3) is 0 Å². The molecule has 0 spiro atoms. The third-order valence-corrected chi connectivity index (χ3v) is 8.81. The number of rotatable bonds is 2. The van der Waals surface area contributed by atoms with Gasteiger partial charge in [-0.15, -0.1) is 13.2 Å². The summed E-state index contributed by atoms with van der Waals surface area (Å²) in [5.74, 6) is 3.79. The van der Waals surface area contributed by atoms with Crippen LogP contribution in [0.5, 0.6) is 0 Å². The van der Waals surface area contributed by atoms with Crippen LogP contribution in [0.15, 0.2) is 37.0 Å². The van der Waals surface area contributed by atoms with Gasteiger partial charge in [-0.05, 0) is 92.9 Å². The fraction of sp³-hybridized carbons (Fsp3) is 0.800. The van der Waals surface area contributed by atoms with Gasteiger partial charge in [0.05, 0.1) is 0 Å². The van der Waals surface area contributed by atoms with Gasteiger partial charge < -0.3 is 5.73 Å². The molecular weight excluding hydrogens is 374 g/mol. The van der Waals surface area contributed by atoms with E-state index in [1.165, 1.54) is 76.8 Å². The van der Waals surface area contributed by atoms with Crippen LogP contribution in [0.4, 0.5) is 0 Å². The van der Waals surface area contributed by atoms with Crippen molar-refractivity contribution in [2.24, 2.45) is 40.2 Å². The molecule has 0 bridgehead atoms. The normalized spacial score (nSPS) is 37.2. The number of fused-ring (bicyclic) bond motifs is 5. The average molecular weight is 432 g/mol. The quantitative estimate of drug-likeness (QED) is 0.433. The second-order valence-electron chi connectivity index (χ2n) is 9.79. The lowest BCUT2D eigenvalue weighted by atomic mass is 9.48. The highest BCUT2D eigenvalue weighted by Crippen LogP contribution is 2.66. The first-order chi connectivity index (χ1) is 15.0. The molecule has 0 aromatic rings. The van der Waals surface area contributed by atoms with Crippen molar-refractivity contribution in [1.82, 2.24) is 0 Å². The number of hydrogen-bond donors (Lipinski definition) is 1. The summed E-state index contributed by atoms with van der Waals surface area (Å²) in [6.07, 6.45) is 16.9. The first kappa shape index (κ1) is 30.2. The maximum absolute atomic E-state index is 4.50. The zero-order valence-electron chi connectivity index (χ0n) is 22.7. The van der Waals surface area contributed by atoms with E-state index in [4.69, 9.17) is 0 Å². The molecule has 2 N–H and O–H groups in total. The van der Waals surface area contributed by atoms with Gasteiger partial charge in [0.2, 0.25) is 0 Å². The van der Waals surface area contributed by atoms with E-state index in [0.717, 1.165) is 23.7 Å². The Morgan fingerprint density at radius 3 is 2.19 bits per heavy atom. The third-order valence-electron chi connectivity index (χ3n) is 8.81. The Hall–Kier alpha value is -0.820. The molecule has 0 heterocycles. The third kappa shape index (κ3) is 5.95. The van der Waals surface area contributed by atoms with Crippen LogP contribution in [-0.4, -0.2) is 7.05 Å². The SMILES string of the molecule is C=C.C=C1CCC2(C)C3=CCC4(C)C(CCC)CCC4C3CCC2C1.CC.CC.CN. The fourth-order valence-electron chi connectivity index (χ4n) is 7.35. The van der Waals surface area contributed by atoms with Gasteiger partial charge in [0.1, 0.15) is 0 Å². The van der Waals surface area contributed by atoms with Crippen LogP contribution in [0.3, 0.4) is 0 Å². The minimum absolute atomic E-state index is 0.508. The molecule has 4 aliphatic carbocycles. The monoisotopic (exact) mass is 431 g/mol. The Morgan fingerprint density at radius 2 is 1.61 bits per heavy atom. The first-order valence-electron chi connectivity index (χ1n) is 13.4. The first-order valence-corrected chi connectivity index (χ1v) is 13.4. The summed E-state index contributed by atoms with van der Waals surface area (Å²) in [5.41, 5.74) is 9.05. The molecule has 1 nitrogen and oxygen atoms in total. The lowest BCUT2D eigenvalue weighted by molar-refractivity contribution is 0.0373. The van der Waals surface area contributed by atoms with Crippen molar-refractivity contribution >= 4 is 0 Å². The fourth-order valence-corrected chi connectivity index (χ4v) is 7.35. The van der Waals surface area contributed by atoms with Crippen LogP contribution in [0.1, 0.15) is 113 Å². The molecule has 0 amide bonds. The summed E-state index contributed by atoms with van der Waals surface area (Å²) < 4.78 is 0. The van der Waals surface area contributed by atoms with Crippen LogP contribution < -0.4 is 5.73 Å². The van der Waals surface area contributed by atoms with Gasteiger partial charge in [-0.2, -0.15) is 0 Å². The van der Waals surface area contributed by atoms with Crippen LogP contribution in [0.25, 0.3) is 0 Å². The molecule has 6 atom stereocenters. The lowest BCUT2D eigenvalue weighted by Crippen LogP contribution is -2.47. The minimum atomic E-state index is 0.508. The largest absolute Gasteiger partial charge is 0.333 e. The molecule has 4 aliphatic rings. The maximum atomic E-state index is 4.50. The molecule has 0 aliphatic heterocycles. The van der Waals surface area contributed by atoms with Crippen molar-refractivity contribution < 1.29 is 0 Å². The molecule has 31 heavy (non-hydrogen) atoms. The van der Waals surface area contributed by atoms with Gasteiger partial charge in [-0.3, -0.25) is 0 Å². The van der Waals surface area contributed by atoms with Crippen molar-refractivity contribution in [3.8, 4) is 0 Å². The summed E-state index contributed by atoms with van der Waals surface area (Å²) in [5, 5.41) is 0. The molecular formula is C30H57N. The Kier molecular flexibility index (Phi) is 14.0. The van der Waals surface area contributed by atoms with Crippen molar-refractivity contribution in [2.45, 2.75) is 113 Å². The van der Waals surface area contributed by atoms with Gasteiger partial charge >= 0.3 is 0 Å². The number of allylic oxidation sites excluding steroid dienone is 3. The molecule has 4 rings (SSSR count). The highest BCUT2D eigenvalue weighted by atomic mass is 14.6. The number of hydrogen-bond acceptors (Lipinski definition) is 1. The predicted octanol–water partition coefficient (Wildman–Crippen LogP) is 9.35. The standard InChI is InChI=1S/C23H36.2C2H6.C2H4.CH5N/c1-5-6-17-8-10-20-19-9-7-18-15-16(2)11-13-23(18,4)21(19)12-14-22(17,20)3;4*1-2/h12,17-20H,2,5-11,13-15H2,1,3-4H3;2*1-2H3;1-2H2;2H2,1H3. The highest BCUT2D eigenvalue weighted by Gasteiger charge is 2.56. The predicted molar refractivity (Wildman–Crippen MR) is 143 cm³/mol. The van der Waals surface area contributed by atoms with Crippen LogP contribution in [0.2, 0.25) is 0 Å². The Balaban J connectivity index is 0.00000102. The van der Waals surface area contributed by atoms with Gasteiger partial charge in [-0.25, -0.2) is 0 Å². The Labute approximate surface area is 197 Å². The van der Waals surface area contributed by atoms with E-state index in [9.17, 15) is 0 Å². The molecule has 0 radical (unpaired) electrons. The minimum Gasteiger partial charge on any atom is -0.333 e. The van der Waals surface area contributed by atoms with Crippen LogP contribution in [-0.2, 0) is 0 Å². The molecule has 1 heteroatoms. The van der Waals surface area contributed by atoms with E-state index in [1.54, 1.807) is 0 Å². The van der Waals surface area contributed by atoms with Gasteiger partial charge in [0.15, 0.2) is 0 Å². The zero-order chi connectivity index (χ0) is 24.2. The molecule has 6 unspecified atom stereocenters. The van der Waals surface area contributed by atoms with E-state index in [0.29, 0.717) is 10.8 Å². The van der Waals surface area contributed by atoms with Crippen molar-refractivity contribution in [3.63, 3.8) is 0 Å². The van der Waals surface area contributed by atoms with E-state index >= 15 is 0 Å². The molecule has 0 aromatic carbocycles. The van der Waals surface area contributed by atoms with Crippen molar-refractivity contribution in [1.29, 1.82) is 0 Å². The van der Waals surface area contributed by atoms with Crippen molar-refractivity contribution in [3.05, 3.63) is 37.0 Å². The summed E-state index contributed by atoms with van der Waals surface area (Å²) in [7, 11) is 1.50. The molecule has 0 saturated heterocycles. The average Bonchev–Trinajstić information content (AvgIpc) is 3.16. The molecule has 0 aromatic heterocycles. The Bertz CT molecular complexity index is 547. The van der Waals surface area contributed by atoms with E-state index in [2.05, 4.69) is 52.3 Å². The summed E-state index contributed by atoms with van der Waals surface area (Å²) in [6, 6.07) is 0. The van der Waals surface area contributed by atoms with Gasteiger partial charge in [0, 0.05) is 0 Å². The summed E-state index contributed by atoms with van der Waals surface area (Å²) in [6.45, 7) is 26.0. The molecule has 3 saturated carbocycles. The lowest BCUT2D eigenvalue weighted by Gasteiger charge is -2.56. The molecule has 182 valence electrons. The van der Waals surface area contributed by atoms with Gasteiger partial charge in [-0.1, -0.05) is 85.1 Å². The van der Waals surface area contributed by atoms with Crippen LogP contribution >= 0.6 is 0 Å².